The number of carbonyl (C=O) groups is 1. The van der Waals surface area contributed by atoms with E-state index in [4.69, 9.17) is 33.7 Å². The lowest BCUT2D eigenvalue weighted by molar-refractivity contribution is 0.0946. The Morgan fingerprint density at radius 3 is 2.71 bits per heavy atom. The van der Waals surface area contributed by atoms with Gasteiger partial charge in [0.1, 0.15) is 17.2 Å². The first-order valence-electron chi connectivity index (χ1n) is 9.11. The van der Waals surface area contributed by atoms with Gasteiger partial charge in [0.05, 0.1) is 5.02 Å². The predicted molar refractivity (Wildman–Crippen MR) is 118 cm³/mol. The van der Waals surface area contributed by atoms with Crippen LogP contribution in [0.15, 0.2) is 54.6 Å². The Morgan fingerprint density at radius 2 is 1.94 bits per heavy atom. The van der Waals surface area contributed by atoms with Gasteiger partial charge in [-0.3, -0.25) is 4.79 Å². The SMILES string of the molecule is Nc1cc(Cl)cc(Oc2c(Cl)ccc(CNC(=O)c3cc4cc(O)ccc4[nH]3)c2F)c1. The molecule has 5 N–H and O–H groups in total. The molecule has 0 bridgehead atoms. The van der Waals surface area contributed by atoms with Crippen LogP contribution in [0.5, 0.6) is 17.2 Å². The number of rotatable bonds is 5. The first-order chi connectivity index (χ1) is 14.8. The van der Waals surface area contributed by atoms with Gasteiger partial charge in [-0.15, -0.1) is 0 Å². The molecule has 1 heterocycles. The van der Waals surface area contributed by atoms with E-state index in [0.29, 0.717) is 21.6 Å². The number of aromatic amines is 1. The highest BCUT2D eigenvalue weighted by Gasteiger charge is 2.17. The van der Waals surface area contributed by atoms with Crippen molar-refractivity contribution in [2.75, 3.05) is 5.73 Å². The number of hydrogen-bond donors (Lipinski definition) is 4. The maximum Gasteiger partial charge on any atom is 0.267 e. The molecule has 0 saturated carbocycles. The molecule has 31 heavy (non-hydrogen) atoms. The molecule has 0 unspecified atom stereocenters. The van der Waals surface area contributed by atoms with Crippen LogP contribution in [0.4, 0.5) is 10.1 Å². The van der Waals surface area contributed by atoms with Crippen molar-refractivity contribution in [1.82, 2.24) is 10.3 Å². The molecule has 1 aromatic heterocycles. The summed E-state index contributed by atoms with van der Waals surface area (Å²) in [6.07, 6.45) is 0. The zero-order valence-corrected chi connectivity index (χ0v) is 17.4. The van der Waals surface area contributed by atoms with E-state index in [0.717, 1.165) is 0 Å². The fourth-order valence-electron chi connectivity index (χ4n) is 3.08. The van der Waals surface area contributed by atoms with Gasteiger partial charge < -0.3 is 25.9 Å². The lowest BCUT2D eigenvalue weighted by Gasteiger charge is -2.13. The van der Waals surface area contributed by atoms with Crippen LogP contribution < -0.4 is 15.8 Å². The topological polar surface area (TPSA) is 100 Å². The Morgan fingerprint density at radius 1 is 1.13 bits per heavy atom. The summed E-state index contributed by atoms with van der Waals surface area (Å²) in [5, 5.41) is 13.3. The van der Waals surface area contributed by atoms with E-state index in [1.807, 2.05) is 0 Å². The van der Waals surface area contributed by atoms with E-state index >= 15 is 4.39 Å². The number of anilines is 1. The fraction of sp³-hybridized carbons (Fsp3) is 0.0455. The van der Waals surface area contributed by atoms with Crippen molar-refractivity contribution >= 4 is 45.7 Å². The van der Waals surface area contributed by atoms with Crippen molar-refractivity contribution < 1.29 is 19.0 Å². The third-order valence-corrected chi connectivity index (χ3v) is 5.05. The number of nitrogens with one attached hydrogen (secondary N) is 2. The van der Waals surface area contributed by atoms with E-state index in [-0.39, 0.29) is 40.1 Å². The molecule has 9 heteroatoms. The van der Waals surface area contributed by atoms with Crippen LogP contribution in [0.2, 0.25) is 10.0 Å². The van der Waals surface area contributed by atoms with E-state index in [2.05, 4.69) is 10.3 Å². The smallest absolute Gasteiger partial charge is 0.267 e. The van der Waals surface area contributed by atoms with E-state index < -0.39 is 11.7 Å². The highest BCUT2D eigenvalue weighted by molar-refractivity contribution is 6.32. The number of H-pyrrole nitrogens is 1. The molecule has 0 spiro atoms. The molecule has 1 amide bonds. The Balaban J connectivity index is 1.53. The van der Waals surface area contributed by atoms with Crippen LogP contribution in [0.1, 0.15) is 16.1 Å². The molecule has 0 aliphatic carbocycles. The third kappa shape index (κ3) is 4.52. The molecular weight excluding hydrogens is 444 g/mol. The largest absolute Gasteiger partial charge is 0.508 e. The van der Waals surface area contributed by atoms with Gasteiger partial charge in [0.2, 0.25) is 0 Å². The zero-order chi connectivity index (χ0) is 22.1. The second kappa shape index (κ2) is 8.37. The summed E-state index contributed by atoms with van der Waals surface area (Å²) < 4.78 is 20.6. The molecule has 3 aromatic carbocycles. The van der Waals surface area contributed by atoms with Crippen molar-refractivity contribution in [3.8, 4) is 17.2 Å². The van der Waals surface area contributed by atoms with Gasteiger partial charge in [0.15, 0.2) is 11.6 Å². The number of amides is 1. The summed E-state index contributed by atoms with van der Waals surface area (Å²) in [6, 6.07) is 13.7. The van der Waals surface area contributed by atoms with Gasteiger partial charge in [-0.05, 0) is 42.5 Å². The number of phenols is 1. The van der Waals surface area contributed by atoms with Gasteiger partial charge in [-0.1, -0.05) is 29.3 Å². The minimum absolute atomic E-state index is 0.0570. The van der Waals surface area contributed by atoms with Gasteiger partial charge in [0.25, 0.3) is 5.91 Å². The number of hydrogen-bond acceptors (Lipinski definition) is 4. The maximum atomic E-state index is 15.0. The average Bonchev–Trinajstić information content (AvgIpc) is 3.13. The van der Waals surface area contributed by atoms with Crippen LogP contribution in [0, 0.1) is 5.82 Å². The maximum absolute atomic E-state index is 15.0. The number of nitrogens with two attached hydrogens (primary N) is 1. The van der Waals surface area contributed by atoms with Crippen LogP contribution in [0.25, 0.3) is 10.9 Å². The number of carbonyl (C=O) groups excluding carboxylic acids is 1. The number of fused-ring (bicyclic) bond motifs is 1. The summed E-state index contributed by atoms with van der Waals surface area (Å²) in [5.74, 6) is -1.02. The van der Waals surface area contributed by atoms with Gasteiger partial charge in [0, 0.05) is 39.8 Å². The number of ether oxygens (including phenoxy) is 1. The molecule has 6 nitrogen and oxygen atoms in total. The molecular formula is C22H16Cl2FN3O3. The van der Waals surface area contributed by atoms with Crippen LogP contribution >= 0.6 is 23.2 Å². The van der Waals surface area contributed by atoms with E-state index in [1.165, 1.54) is 42.5 Å². The summed E-state index contributed by atoms with van der Waals surface area (Å²) >= 11 is 12.1. The Bertz CT molecular complexity index is 1290. The second-order valence-corrected chi connectivity index (χ2v) is 7.65. The average molecular weight is 460 g/mol. The Kier molecular flexibility index (Phi) is 5.63. The van der Waals surface area contributed by atoms with Gasteiger partial charge in [-0.2, -0.15) is 0 Å². The van der Waals surface area contributed by atoms with Crippen molar-refractivity contribution in [2.24, 2.45) is 0 Å². The second-order valence-electron chi connectivity index (χ2n) is 6.81. The van der Waals surface area contributed by atoms with Crippen LogP contribution in [0.3, 0.4) is 0 Å². The molecule has 4 rings (SSSR count). The quantitative estimate of drug-likeness (QED) is 0.290. The number of phenolic OH excluding ortho intramolecular Hbond substituents is 1. The first kappa shape index (κ1) is 20.8. The summed E-state index contributed by atoms with van der Waals surface area (Å²) in [4.78, 5) is 15.4. The number of aromatic nitrogens is 1. The molecule has 4 aromatic rings. The lowest BCUT2D eigenvalue weighted by Crippen LogP contribution is -2.23. The molecule has 0 aliphatic rings. The number of nitrogen functional groups attached to an aromatic ring is 1. The van der Waals surface area contributed by atoms with Gasteiger partial charge >= 0.3 is 0 Å². The highest BCUT2D eigenvalue weighted by atomic mass is 35.5. The molecule has 0 fully saturated rings. The lowest BCUT2D eigenvalue weighted by atomic mass is 10.2. The normalized spacial score (nSPS) is 10.9. The van der Waals surface area contributed by atoms with Gasteiger partial charge in [-0.25, -0.2) is 4.39 Å². The number of aromatic hydroxyl groups is 1. The van der Waals surface area contributed by atoms with Crippen molar-refractivity contribution in [1.29, 1.82) is 0 Å². The Hall–Kier alpha value is -3.42. The number of benzene rings is 3. The zero-order valence-electron chi connectivity index (χ0n) is 15.9. The van der Waals surface area contributed by atoms with E-state index in [9.17, 15) is 9.90 Å². The summed E-state index contributed by atoms with van der Waals surface area (Å²) in [7, 11) is 0. The Labute approximate surface area is 186 Å². The monoisotopic (exact) mass is 459 g/mol. The minimum atomic E-state index is -0.715. The van der Waals surface area contributed by atoms with Crippen molar-refractivity contribution in [2.45, 2.75) is 6.54 Å². The number of halogens is 3. The molecule has 0 aliphatic heterocycles. The standard InChI is InChI=1S/C22H16Cl2FN3O3/c23-13-7-14(26)9-16(8-13)31-21-17(24)3-1-11(20(21)25)10-27-22(30)19-6-12-5-15(29)2-4-18(12)28-19/h1-9,28-29H,10,26H2,(H,27,30). The van der Waals surface area contributed by atoms with Crippen molar-refractivity contribution in [3.05, 3.63) is 81.7 Å². The van der Waals surface area contributed by atoms with Crippen LogP contribution in [-0.2, 0) is 6.54 Å². The predicted octanol–water partition coefficient (Wildman–Crippen LogP) is 5.62. The summed E-state index contributed by atoms with van der Waals surface area (Å²) in [5.41, 5.74) is 7.24. The summed E-state index contributed by atoms with van der Waals surface area (Å²) in [6.45, 7) is -0.101. The van der Waals surface area contributed by atoms with Crippen molar-refractivity contribution in [3.63, 3.8) is 0 Å². The molecule has 0 radical (unpaired) electrons. The third-order valence-electron chi connectivity index (χ3n) is 4.53. The van der Waals surface area contributed by atoms with Crippen LogP contribution in [-0.4, -0.2) is 16.0 Å². The fourth-order valence-corrected chi connectivity index (χ4v) is 3.50. The first-order valence-corrected chi connectivity index (χ1v) is 9.86. The molecule has 158 valence electrons. The molecule has 0 atom stereocenters. The minimum Gasteiger partial charge on any atom is -0.508 e. The highest BCUT2D eigenvalue weighted by Crippen LogP contribution is 2.35. The molecule has 0 saturated heterocycles. The van der Waals surface area contributed by atoms with E-state index in [1.54, 1.807) is 12.1 Å².